The Hall–Kier alpha value is -0.0800. The number of rotatable bonds is 3. The van der Waals surface area contributed by atoms with Crippen molar-refractivity contribution in [2.75, 3.05) is 19.6 Å². The fourth-order valence-electron chi connectivity index (χ4n) is 2.73. The molecule has 2 nitrogen and oxygen atoms in total. The third-order valence-electron chi connectivity index (χ3n) is 3.79. The average molecular weight is 196 g/mol. The van der Waals surface area contributed by atoms with Crippen molar-refractivity contribution in [1.82, 2.24) is 10.2 Å². The monoisotopic (exact) mass is 196 g/mol. The normalized spacial score (nSPS) is 32.6. The summed E-state index contributed by atoms with van der Waals surface area (Å²) in [6.07, 6.45) is 5.64. The lowest BCUT2D eigenvalue weighted by atomic mass is 10.1. The fourth-order valence-corrected chi connectivity index (χ4v) is 2.73. The van der Waals surface area contributed by atoms with Crippen molar-refractivity contribution < 1.29 is 0 Å². The first kappa shape index (κ1) is 10.4. The summed E-state index contributed by atoms with van der Waals surface area (Å²) >= 11 is 0. The maximum atomic E-state index is 3.57. The minimum atomic E-state index is 0.719. The van der Waals surface area contributed by atoms with Crippen LogP contribution in [0.3, 0.4) is 0 Å². The van der Waals surface area contributed by atoms with Gasteiger partial charge in [0, 0.05) is 25.2 Å². The molecule has 2 rings (SSSR count). The number of hydrogen-bond donors (Lipinski definition) is 1. The Bertz CT molecular complexity index is 177. The lowest BCUT2D eigenvalue weighted by Crippen LogP contribution is -2.38. The van der Waals surface area contributed by atoms with Crippen molar-refractivity contribution in [2.45, 2.75) is 51.6 Å². The summed E-state index contributed by atoms with van der Waals surface area (Å²) in [4.78, 5) is 2.73. The second-order valence-electron chi connectivity index (χ2n) is 4.99. The van der Waals surface area contributed by atoms with Gasteiger partial charge in [0.05, 0.1) is 0 Å². The molecule has 0 bridgehead atoms. The minimum Gasteiger partial charge on any atom is -0.313 e. The molecule has 2 aliphatic rings. The highest BCUT2D eigenvalue weighted by atomic mass is 15.2. The van der Waals surface area contributed by atoms with Crippen molar-refractivity contribution in [3.05, 3.63) is 0 Å². The third-order valence-corrected chi connectivity index (χ3v) is 3.79. The molecule has 1 aliphatic carbocycles. The summed E-state index contributed by atoms with van der Waals surface area (Å²) in [6, 6.07) is 1.61. The van der Waals surface area contributed by atoms with Crippen molar-refractivity contribution in [2.24, 2.45) is 5.92 Å². The van der Waals surface area contributed by atoms with Crippen LogP contribution in [0.2, 0.25) is 0 Å². The molecule has 1 N–H and O–H groups in total. The van der Waals surface area contributed by atoms with Gasteiger partial charge in [0.15, 0.2) is 0 Å². The summed E-state index contributed by atoms with van der Waals surface area (Å²) in [5.74, 6) is 1.04. The Morgan fingerprint density at radius 1 is 1.29 bits per heavy atom. The Morgan fingerprint density at radius 2 is 2.07 bits per heavy atom. The molecule has 1 aliphatic heterocycles. The van der Waals surface area contributed by atoms with Crippen LogP contribution in [0, 0.1) is 5.92 Å². The first-order valence-corrected chi connectivity index (χ1v) is 6.28. The van der Waals surface area contributed by atoms with Crippen LogP contribution < -0.4 is 5.32 Å². The summed E-state index contributed by atoms with van der Waals surface area (Å²) < 4.78 is 0. The standard InChI is InChI=1S/C12H24N2/c1-3-12(11-4-5-11)14-8-6-10(2)13-7-9-14/h10-13H,3-9H2,1-2H3. The molecule has 2 atom stereocenters. The summed E-state index contributed by atoms with van der Waals surface area (Å²) in [5, 5.41) is 3.57. The maximum Gasteiger partial charge on any atom is 0.0121 e. The summed E-state index contributed by atoms with van der Waals surface area (Å²) in [6.45, 7) is 8.42. The topological polar surface area (TPSA) is 15.3 Å². The fraction of sp³-hybridized carbons (Fsp3) is 1.00. The number of nitrogens with one attached hydrogen (secondary N) is 1. The van der Waals surface area contributed by atoms with E-state index in [9.17, 15) is 0 Å². The van der Waals surface area contributed by atoms with E-state index in [2.05, 4.69) is 24.1 Å². The van der Waals surface area contributed by atoms with Gasteiger partial charge in [-0.3, -0.25) is 4.90 Å². The molecule has 2 unspecified atom stereocenters. The highest BCUT2D eigenvalue weighted by Gasteiger charge is 2.34. The van der Waals surface area contributed by atoms with E-state index in [1.54, 1.807) is 0 Å². The molecular formula is C12H24N2. The smallest absolute Gasteiger partial charge is 0.0121 e. The molecule has 0 spiro atoms. The lowest BCUT2D eigenvalue weighted by molar-refractivity contribution is 0.181. The molecule has 82 valence electrons. The van der Waals surface area contributed by atoms with Gasteiger partial charge in [0.1, 0.15) is 0 Å². The van der Waals surface area contributed by atoms with Crippen LogP contribution in [0.15, 0.2) is 0 Å². The zero-order valence-electron chi connectivity index (χ0n) is 9.63. The average Bonchev–Trinajstić information content (AvgIpc) is 2.97. The first-order chi connectivity index (χ1) is 6.81. The molecule has 0 amide bonds. The number of hydrogen-bond acceptors (Lipinski definition) is 2. The minimum absolute atomic E-state index is 0.719. The van der Waals surface area contributed by atoms with Crippen LogP contribution in [0.1, 0.15) is 39.5 Å². The van der Waals surface area contributed by atoms with E-state index < -0.39 is 0 Å². The Morgan fingerprint density at radius 3 is 2.71 bits per heavy atom. The highest BCUT2D eigenvalue weighted by Crippen LogP contribution is 2.37. The van der Waals surface area contributed by atoms with Crippen LogP contribution in [0.4, 0.5) is 0 Å². The van der Waals surface area contributed by atoms with Crippen LogP contribution >= 0.6 is 0 Å². The largest absolute Gasteiger partial charge is 0.313 e. The van der Waals surface area contributed by atoms with Crippen molar-refractivity contribution in [3.8, 4) is 0 Å². The molecule has 0 aromatic rings. The molecule has 1 saturated carbocycles. The summed E-state index contributed by atoms with van der Waals surface area (Å²) in [5.41, 5.74) is 0. The van der Waals surface area contributed by atoms with Crippen molar-refractivity contribution in [3.63, 3.8) is 0 Å². The third kappa shape index (κ3) is 2.48. The van der Waals surface area contributed by atoms with Crippen LogP contribution in [0.5, 0.6) is 0 Å². The number of nitrogens with zero attached hydrogens (tertiary/aromatic N) is 1. The van der Waals surface area contributed by atoms with Crippen LogP contribution in [-0.4, -0.2) is 36.6 Å². The molecule has 2 fully saturated rings. The van der Waals surface area contributed by atoms with Gasteiger partial charge < -0.3 is 5.32 Å². The van der Waals surface area contributed by atoms with E-state index in [4.69, 9.17) is 0 Å². The van der Waals surface area contributed by atoms with Crippen molar-refractivity contribution >= 4 is 0 Å². The zero-order chi connectivity index (χ0) is 9.97. The van der Waals surface area contributed by atoms with Gasteiger partial charge in [0.2, 0.25) is 0 Å². The predicted molar refractivity (Wildman–Crippen MR) is 60.5 cm³/mol. The molecule has 1 saturated heterocycles. The van der Waals surface area contributed by atoms with Crippen molar-refractivity contribution in [1.29, 1.82) is 0 Å². The van der Waals surface area contributed by atoms with Gasteiger partial charge in [-0.25, -0.2) is 0 Å². The Kier molecular flexibility index (Phi) is 3.45. The molecule has 0 aromatic heterocycles. The van der Waals surface area contributed by atoms with E-state index >= 15 is 0 Å². The predicted octanol–water partition coefficient (Wildman–Crippen LogP) is 1.86. The van der Waals surface area contributed by atoms with Gasteiger partial charge in [-0.15, -0.1) is 0 Å². The summed E-state index contributed by atoms with van der Waals surface area (Å²) in [7, 11) is 0. The van der Waals surface area contributed by atoms with E-state index in [0.717, 1.165) is 18.0 Å². The highest BCUT2D eigenvalue weighted by molar-refractivity contribution is 4.88. The molecule has 1 heterocycles. The van der Waals surface area contributed by atoms with Gasteiger partial charge >= 0.3 is 0 Å². The van der Waals surface area contributed by atoms with Gasteiger partial charge in [-0.05, 0) is 45.1 Å². The molecule has 14 heavy (non-hydrogen) atoms. The lowest BCUT2D eigenvalue weighted by Gasteiger charge is -2.29. The van der Waals surface area contributed by atoms with Gasteiger partial charge in [-0.1, -0.05) is 6.92 Å². The quantitative estimate of drug-likeness (QED) is 0.741. The maximum absolute atomic E-state index is 3.57. The van der Waals surface area contributed by atoms with Crippen LogP contribution in [-0.2, 0) is 0 Å². The zero-order valence-corrected chi connectivity index (χ0v) is 9.63. The Labute approximate surface area is 88.1 Å². The molecule has 0 radical (unpaired) electrons. The SMILES string of the molecule is CCC(C1CC1)N1CCNC(C)CC1. The van der Waals surface area contributed by atoms with Gasteiger partial charge in [-0.2, -0.15) is 0 Å². The van der Waals surface area contributed by atoms with Gasteiger partial charge in [0.25, 0.3) is 0 Å². The second-order valence-corrected chi connectivity index (χ2v) is 4.99. The second kappa shape index (κ2) is 4.63. The van der Waals surface area contributed by atoms with E-state index in [1.807, 2.05) is 0 Å². The Balaban J connectivity index is 1.87. The molecular weight excluding hydrogens is 172 g/mol. The van der Waals surface area contributed by atoms with E-state index in [-0.39, 0.29) is 0 Å². The van der Waals surface area contributed by atoms with Crippen LogP contribution in [0.25, 0.3) is 0 Å². The molecule has 2 heteroatoms. The van der Waals surface area contributed by atoms with E-state index in [1.165, 1.54) is 45.3 Å². The van der Waals surface area contributed by atoms with E-state index in [0.29, 0.717) is 0 Å². The molecule has 0 aromatic carbocycles. The first-order valence-electron chi connectivity index (χ1n) is 6.28.